The minimum absolute atomic E-state index is 0.435. The van der Waals surface area contributed by atoms with Crippen molar-refractivity contribution in [1.82, 2.24) is 10.6 Å². The summed E-state index contributed by atoms with van der Waals surface area (Å²) in [4.78, 5) is 21.9. The van der Waals surface area contributed by atoms with Gasteiger partial charge in [-0.3, -0.25) is 9.59 Å². The van der Waals surface area contributed by atoms with Gasteiger partial charge in [0.25, 0.3) is 0 Å². The van der Waals surface area contributed by atoms with Crippen molar-refractivity contribution in [3.63, 3.8) is 0 Å². The summed E-state index contributed by atoms with van der Waals surface area (Å²) in [6.07, 6.45) is 0. The maximum atomic E-state index is 10.9. The van der Waals surface area contributed by atoms with E-state index in [0.29, 0.717) is 0 Å². The lowest BCUT2D eigenvalue weighted by Gasteiger charge is -2.27. The highest BCUT2D eigenvalue weighted by atomic mass is 16.3. The zero-order valence-electron chi connectivity index (χ0n) is 6.28. The normalized spacial score (nSPS) is 29.5. The second-order valence-corrected chi connectivity index (χ2v) is 2.49. The molecule has 0 aromatic heterocycles. The van der Waals surface area contributed by atoms with E-state index in [4.69, 9.17) is 10.2 Å². The molecule has 1 aliphatic rings. The van der Waals surface area contributed by atoms with Crippen molar-refractivity contribution in [2.45, 2.75) is 12.1 Å². The Balaban J connectivity index is 2.61. The molecule has 0 saturated carbocycles. The molecule has 12 heavy (non-hydrogen) atoms. The van der Waals surface area contributed by atoms with E-state index in [2.05, 4.69) is 10.6 Å². The third-order valence-corrected chi connectivity index (χ3v) is 1.63. The van der Waals surface area contributed by atoms with Crippen molar-refractivity contribution in [2.24, 2.45) is 0 Å². The van der Waals surface area contributed by atoms with Gasteiger partial charge < -0.3 is 20.8 Å². The fraction of sp³-hybridized carbons (Fsp3) is 0.667. The largest absolute Gasteiger partial charge is 0.394 e. The Labute approximate surface area is 68.6 Å². The van der Waals surface area contributed by atoms with Crippen molar-refractivity contribution in [3.8, 4) is 0 Å². The Morgan fingerprint density at radius 3 is 1.58 bits per heavy atom. The number of hydrogen-bond acceptors (Lipinski definition) is 4. The highest BCUT2D eigenvalue weighted by molar-refractivity contribution is 5.97. The van der Waals surface area contributed by atoms with Gasteiger partial charge in [-0.2, -0.15) is 0 Å². The molecule has 6 heteroatoms. The third kappa shape index (κ3) is 1.54. The first-order chi connectivity index (χ1) is 5.69. The van der Waals surface area contributed by atoms with Crippen molar-refractivity contribution < 1.29 is 19.8 Å². The number of carbonyl (C=O) groups excluding carboxylic acids is 2. The number of nitrogens with one attached hydrogen (secondary N) is 2. The van der Waals surface area contributed by atoms with Crippen LogP contribution >= 0.6 is 0 Å². The van der Waals surface area contributed by atoms with Crippen LogP contribution in [0.25, 0.3) is 0 Å². The van der Waals surface area contributed by atoms with Gasteiger partial charge in [-0.15, -0.1) is 0 Å². The summed E-state index contributed by atoms with van der Waals surface area (Å²) in [6.45, 7) is -0.870. The first kappa shape index (κ1) is 8.95. The molecule has 6 nitrogen and oxygen atoms in total. The predicted octanol–water partition coefficient (Wildman–Crippen LogP) is -3.05. The fourth-order valence-corrected chi connectivity index (χ4v) is 0.933. The van der Waals surface area contributed by atoms with Crippen LogP contribution in [0, 0.1) is 0 Å². The fourth-order valence-electron chi connectivity index (χ4n) is 0.933. The van der Waals surface area contributed by atoms with Gasteiger partial charge >= 0.3 is 0 Å². The molecule has 0 spiro atoms. The molecule has 0 aromatic carbocycles. The highest BCUT2D eigenvalue weighted by Gasteiger charge is 2.32. The molecule has 0 unspecified atom stereocenters. The lowest BCUT2D eigenvalue weighted by molar-refractivity contribution is -0.138. The minimum atomic E-state index is -0.889. The maximum absolute atomic E-state index is 10.9. The van der Waals surface area contributed by atoms with Gasteiger partial charge in [-0.05, 0) is 0 Å². The van der Waals surface area contributed by atoms with Crippen molar-refractivity contribution >= 4 is 11.8 Å². The average Bonchev–Trinajstić information content (AvgIpc) is 2.08. The van der Waals surface area contributed by atoms with Gasteiger partial charge in [0.1, 0.15) is 12.1 Å². The van der Waals surface area contributed by atoms with Crippen LogP contribution in [0.2, 0.25) is 0 Å². The van der Waals surface area contributed by atoms with E-state index in [1.807, 2.05) is 0 Å². The third-order valence-electron chi connectivity index (χ3n) is 1.63. The zero-order valence-corrected chi connectivity index (χ0v) is 6.28. The van der Waals surface area contributed by atoms with Gasteiger partial charge in [0, 0.05) is 0 Å². The Morgan fingerprint density at radius 1 is 1.00 bits per heavy atom. The lowest BCUT2D eigenvalue weighted by Crippen LogP contribution is -2.63. The van der Waals surface area contributed by atoms with E-state index < -0.39 is 37.1 Å². The van der Waals surface area contributed by atoms with Crippen molar-refractivity contribution in [2.75, 3.05) is 13.2 Å². The quantitative estimate of drug-likeness (QED) is 0.357. The molecule has 0 aromatic rings. The van der Waals surface area contributed by atoms with Crippen molar-refractivity contribution in [1.29, 1.82) is 0 Å². The Hall–Kier alpha value is -1.14. The first-order valence-electron chi connectivity index (χ1n) is 3.51. The van der Waals surface area contributed by atoms with E-state index in [9.17, 15) is 9.59 Å². The molecule has 1 aliphatic heterocycles. The van der Waals surface area contributed by atoms with Gasteiger partial charge in [-0.1, -0.05) is 0 Å². The zero-order chi connectivity index (χ0) is 9.14. The molecule has 0 bridgehead atoms. The van der Waals surface area contributed by atoms with Gasteiger partial charge in [0.15, 0.2) is 0 Å². The number of amides is 2. The molecular weight excluding hydrogens is 164 g/mol. The second-order valence-electron chi connectivity index (χ2n) is 2.49. The van der Waals surface area contributed by atoms with Crippen LogP contribution in [0.1, 0.15) is 0 Å². The number of piperazine rings is 1. The Kier molecular flexibility index (Phi) is 2.61. The summed E-state index contributed by atoms with van der Waals surface area (Å²) in [5.74, 6) is -0.952. The van der Waals surface area contributed by atoms with Crippen LogP contribution in [0.15, 0.2) is 0 Å². The lowest BCUT2D eigenvalue weighted by atomic mass is 10.1. The van der Waals surface area contributed by atoms with Crippen LogP contribution in [-0.4, -0.2) is 47.3 Å². The first-order valence-corrected chi connectivity index (χ1v) is 3.51. The Bertz CT molecular complexity index is 184. The molecule has 68 valence electrons. The topological polar surface area (TPSA) is 98.7 Å². The van der Waals surface area contributed by atoms with E-state index in [-0.39, 0.29) is 0 Å². The van der Waals surface area contributed by atoms with Crippen LogP contribution in [0.4, 0.5) is 0 Å². The number of carbonyl (C=O) groups is 2. The van der Waals surface area contributed by atoms with Crippen molar-refractivity contribution in [3.05, 3.63) is 0 Å². The molecule has 2 atom stereocenters. The maximum Gasteiger partial charge on any atom is 0.245 e. The molecule has 2 amide bonds. The second kappa shape index (κ2) is 3.51. The average molecular weight is 174 g/mol. The summed E-state index contributed by atoms with van der Waals surface area (Å²) in [7, 11) is 0. The molecular formula is C6H10N2O4. The number of rotatable bonds is 2. The van der Waals surface area contributed by atoms with Crippen LogP contribution < -0.4 is 10.6 Å². The molecule has 1 rings (SSSR count). The predicted molar refractivity (Wildman–Crippen MR) is 38.0 cm³/mol. The van der Waals surface area contributed by atoms with Gasteiger partial charge in [-0.25, -0.2) is 0 Å². The van der Waals surface area contributed by atoms with E-state index >= 15 is 0 Å². The smallest absolute Gasteiger partial charge is 0.245 e. The Morgan fingerprint density at radius 2 is 1.33 bits per heavy atom. The van der Waals surface area contributed by atoms with Crippen LogP contribution in [0.5, 0.6) is 0 Å². The van der Waals surface area contributed by atoms with Gasteiger partial charge in [0.05, 0.1) is 13.2 Å². The number of aliphatic hydroxyl groups is 2. The number of hydrogen-bond donors (Lipinski definition) is 4. The van der Waals surface area contributed by atoms with E-state index in [1.54, 1.807) is 0 Å². The summed E-state index contributed by atoms with van der Waals surface area (Å²) in [6, 6.07) is -1.78. The molecule has 0 radical (unpaired) electrons. The molecule has 4 N–H and O–H groups in total. The SMILES string of the molecule is O=C1N[C@@H](CO)C(=O)N[C@H]1CO. The summed E-state index contributed by atoms with van der Waals surface area (Å²) >= 11 is 0. The monoisotopic (exact) mass is 174 g/mol. The van der Waals surface area contributed by atoms with Crippen LogP contribution in [0.3, 0.4) is 0 Å². The molecule has 1 saturated heterocycles. The van der Waals surface area contributed by atoms with Gasteiger partial charge in [0.2, 0.25) is 11.8 Å². The van der Waals surface area contributed by atoms with E-state index in [1.165, 1.54) is 0 Å². The summed E-state index contributed by atoms with van der Waals surface area (Å²) in [5.41, 5.74) is 0. The summed E-state index contributed by atoms with van der Waals surface area (Å²) in [5, 5.41) is 21.7. The molecule has 1 fully saturated rings. The number of aliphatic hydroxyl groups excluding tert-OH is 2. The highest BCUT2D eigenvalue weighted by Crippen LogP contribution is 1.95. The van der Waals surface area contributed by atoms with E-state index in [0.717, 1.165) is 0 Å². The molecule has 0 aliphatic carbocycles. The minimum Gasteiger partial charge on any atom is -0.394 e. The summed E-state index contributed by atoms with van der Waals surface area (Å²) < 4.78 is 0. The standard InChI is InChI=1S/C6H10N2O4/c9-1-3-5(11)8-4(2-10)6(12)7-3/h3-4,9-10H,1-2H2,(H,7,12)(H,8,11)/t3-,4-/m0/s1. The van der Waals surface area contributed by atoms with Crippen LogP contribution in [-0.2, 0) is 9.59 Å². The molecule has 1 heterocycles.